The number of benzene rings is 1. The molecule has 2 aromatic rings. The Balaban J connectivity index is 2.54. The smallest absolute Gasteiger partial charge is 0.210 e. The van der Waals surface area contributed by atoms with E-state index in [1.54, 1.807) is 12.1 Å². The molecule has 0 amide bonds. The van der Waals surface area contributed by atoms with Crippen LogP contribution < -0.4 is 0 Å². The van der Waals surface area contributed by atoms with Crippen LogP contribution in [0.5, 0.6) is 0 Å². The average molecular weight is 327 g/mol. The molecule has 0 bridgehead atoms. The van der Waals surface area contributed by atoms with Crippen LogP contribution in [0.1, 0.15) is 32.9 Å². The van der Waals surface area contributed by atoms with Gasteiger partial charge in [-0.25, -0.2) is 0 Å². The molecule has 1 heterocycles. The van der Waals surface area contributed by atoms with Crippen molar-refractivity contribution in [3.05, 3.63) is 55.8 Å². The Kier molecular flexibility index (Phi) is 3.64. The lowest BCUT2D eigenvalue weighted by Gasteiger charge is -2.04. The largest absolute Gasteiger partial charge is 0.356 e. The normalized spacial score (nSPS) is 10.7. The zero-order valence-electron chi connectivity index (χ0n) is 10.4. The molecule has 0 atom stereocenters. The maximum atomic E-state index is 12.5. The monoisotopic (exact) mass is 325 g/mol. The summed E-state index contributed by atoms with van der Waals surface area (Å²) in [6, 6.07) is 5.28. The molecule has 2 rings (SSSR count). The van der Waals surface area contributed by atoms with Gasteiger partial charge in [0.2, 0.25) is 5.78 Å². The van der Waals surface area contributed by atoms with Gasteiger partial charge in [0, 0.05) is 15.7 Å². The number of halogens is 2. The third-order valence-electron chi connectivity index (χ3n) is 3.21. The Morgan fingerprint density at radius 1 is 1.22 bits per heavy atom. The molecule has 0 aliphatic heterocycles. The van der Waals surface area contributed by atoms with E-state index >= 15 is 0 Å². The third kappa shape index (κ3) is 2.25. The number of carbonyl (C=O) groups is 1. The van der Waals surface area contributed by atoms with Crippen LogP contribution in [-0.4, -0.2) is 10.8 Å². The first kappa shape index (κ1) is 13.4. The van der Waals surface area contributed by atoms with Crippen LogP contribution in [0.25, 0.3) is 0 Å². The summed E-state index contributed by atoms with van der Waals surface area (Å²) in [7, 11) is 0. The van der Waals surface area contributed by atoms with Crippen LogP contribution in [0.2, 0.25) is 5.02 Å². The maximum Gasteiger partial charge on any atom is 0.210 e. The van der Waals surface area contributed by atoms with Gasteiger partial charge in [0.05, 0.1) is 10.7 Å². The van der Waals surface area contributed by atoms with Gasteiger partial charge in [-0.3, -0.25) is 4.79 Å². The topological polar surface area (TPSA) is 32.9 Å². The third-order valence-corrected chi connectivity index (χ3v) is 4.04. The average Bonchev–Trinajstić information content (AvgIpc) is 2.59. The molecular weight excluding hydrogens is 314 g/mol. The number of hydrogen-bond acceptors (Lipinski definition) is 1. The van der Waals surface area contributed by atoms with E-state index in [2.05, 4.69) is 20.9 Å². The zero-order chi connectivity index (χ0) is 13.4. The number of aromatic amines is 1. The standard InChI is InChI=1S/C14H13BrClNO/c1-7-8(2)13(17-9(7)3)14(18)11-6-10(15)4-5-12(11)16/h4-6,17H,1-3H3. The number of hydrogen-bond donors (Lipinski definition) is 1. The summed E-state index contributed by atoms with van der Waals surface area (Å²) < 4.78 is 0.841. The van der Waals surface area contributed by atoms with E-state index in [9.17, 15) is 4.79 Å². The predicted molar refractivity (Wildman–Crippen MR) is 77.6 cm³/mol. The van der Waals surface area contributed by atoms with Crippen LogP contribution in [0.15, 0.2) is 22.7 Å². The minimum atomic E-state index is -0.0741. The van der Waals surface area contributed by atoms with Gasteiger partial charge in [-0.2, -0.15) is 0 Å². The lowest BCUT2D eigenvalue weighted by Crippen LogP contribution is -2.04. The molecular formula is C14H13BrClNO. The van der Waals surface area contributed by atoms with Crippen molar-refractivity contribution in [2.75, 3.05) is 0 Å². The summed E-state index contributed by atoms with van der Waals surface area (Å²) in [5.74, 6) is -0.0741. The Hall–Kier alpha value is -1.06. The van der Waals surface area contributed by atoms with Crippen molar-refractivity contribution in [1.29, 1.82) is 0 Å². The van der Waals surface area contributed by atoms with Crippen LogP contribution in [-0.2, 0) is 0 Å². The van der Waals surface area contributed by atoms with Crippen molar-refractivity contribution < 1.29 is 4.79 Å². The quantitative estimate of drug-likeness (QED) is 0.805. The second-order valence-corrected chi connectivity index (χ2v) is 5.65. The fourth-order valence-corrected chi connectivity index (χ4v) is 2.44. The van der Waals surface area contributed by atoms with Crippen LogP contribution in [0.4, 0.5) is 0 Å². The number of H-pyrrole nitrogens is 1. The number of ketones is 1. The highest BCUT2D eigenvalue weighted by Gasteiger charge is 2.19. The van der Waals surface area contributed by atoms with Gasteiger partial charge in [-0.1, -0.05) is 27.5 Å². The van der Waals surface area contributed by atoms with Gasteiger partial charge >= 0.3 is 0 Å². The first-order valence-corrected chi connectivity index (χ1v) is 6.74. The molecule has 0 radical (unpaired) electrons. The summed E-state index contributed by atoms with van der Waals surface area (Å²) in [5, 5.41) is 0.465. The highest BCUT2D eigenvalue weighted by Crippen LogP contribution is 2.26. The molecule has 4 heteroatoms. The van der Waals surface area contributed by atoms with Gasteiger partial charge in [0.15, 0.2) is 0 Å². The molecule has 0 unspecified atom stereocenters. The molecule has 0 saturated carbocycles. The summed E-state index contributed by atoms with van der Waals surface area (Å²) in [6.45, 7) is 5.90. The second kappa shape index (κ2) is 4.90. The number of rotatable bonds is 2. The first-order chi connectivity index (χ1) is 8.41. The Labute approximate surface area is 119 Å². The first-order valence-electron chi connectivity index (χ1n) is 5.57. The van der Waals surface area contributed by atoms with Crippen molar-refractivity contribution in [2.24, 2.45) is 0 Å². The predicted octanol–water partition coefficient (Wildman–Crippen LogP) is 4.59. The van der Waals surface area contributed by atoms with E-state index in [1.165, 1.54) is 0 Å². The molecule has 0 fully saturated rings. The minimum Gasteiger partial charge on any atom is -0.356 e. The van der Waals surface area contributed by atoms with Crippen molar-refractivity contribution in [1.82, 2.24) is 4.98 Å². The van der Waals surface area contributed by atoms with Crippen LogP contribution >= 0.6 is 27.5 Å². The maximum absolute atomic E-state index is 12.5. The van der Waals surface area contributed by atoms with Crippen molar-refractivity contribution in [3.8, 4) is 0 Å². The van der Waals surface area contributed by atoms with Gasteiger partial charge in [0.1, 0.15) is 0 Å². The summed E-state index contributed by atoms with van der Waals surface area (Å²) in [4.78, 5) is 15.6. The van der Waals surface area contributed by atoms with Crippen molar-refractivity contribution in [2.45, 2.75) is 20.8 Å². The highest BCUT2D eigenvalue weighted by molar-refractivity contribution is 9.10. The molecule has 1 N–H and O–H groups in total. The van der Waals surface area contributed by atoms with E-state index in [1.807, 2.05) is 26.8 Å². The fraction of sp³-hybridized carbons (Fsp3) is 0.214. The van der Waals surface area contributed by atoms with E-state index in [0.717, 1.165) is 21.3 Å². The molecule has 0 aliphatic carbocycles. The highest BCUT2D eigenvalue weighted by atomic mass is 79.9. The second-order valence-electron chi connectivity index (χ2n) is 4.33. The lowest BCUT2D eigenvalue weighted by atomic mass is 10.0. The number of carbonyl (C=O) groups excluding carboxylic acids is 1. The number of aryl methyl sites for hydroxylation is 1. The molecule has 2 nitrogen and oxygen atoms in total. The Morgan fingerprint density at radius 2 is 1.89 bits per heavy atom. The van der Waals surface area contributed by atoms with Gasteiger partial charge in [0.25, 0.3) is 0 Å². The summed E-state index contributed by atoms with van der Waals surface area (Å²) in [6.07, 6.45) is 0. The van der Waals surface area contributed by atoms with Crippen LogP contribution in [0, 0.1) is 20.8 Å². The van der Waals surface area contributed by atoms with Crippen molar-refractivity contribution in [3.63, 3.8) is 0 Å². The van der Waals surface area contributed by atoms with Crippen LogP contribution in [0.3, 0.4) is 0 Å². The van der Waals surface area contributed by atoms with E-state index in [4.69, 9.17) is 11.6 Å². The fourth-order valence-electron chi connectivity index (χ4n) is 1.88. The number of nitrogens with one attached hydrogen (secondary N) is 1. The molecule has 0 saturated heterocycles. The lowest BCUT2D eigenvalue weighted by molar-refractivity contribution is 0.103. The van der Waals surface area contributed by atoms with Gasteiger partial charge in [-0.05, 0) is 50.1 Å². The van der Waals surface area contributed by atoms with E-state index in [0.29, 0.717) is 16.3 Å². The molecule has 94 valence electrons. The Bertz CT molecular complexity index is 631. The van der Waals surface area contributed by atoms with Gasteiger partial charge < -0.3 is 4.98 Å². The van der Waals surface area contributed by atoms with Crippen molar-refractivity contribution >= 4 is 33.3 Å². The molecule has 18 heavy (non-hydrogen) atoms. The molecule has 0 spiro atoms. The summed E-state index contributed by atoms with van der Waals surface area (Å²) in [5.41, 5.74) is 4.24. The Morgan fingerprint density at radius 3 is 2.44 bits per heavy atom. The number of aromatic nitrogens is 1. The zero-order valence-corrected chi connectivity index (χ0v) is 12.7. The van der Waals surface area contributed by atoms with Gasteiger partial charge in [-0.15, -0.1) is 0 Å². The molecule has 1 aromatic carbocycles. The minimum absolute atomic E-state index is 0.0741. The van der Waals surface area contributed by atoms with E-state index in [-0.39, 0.29) is 5.78 Å². The summed E-state index contributed by atoms with van der Waals surface area (Å²) >= 11 is 9.44. The van der Waals surface area contributed by atoms with E-state index < -0.39 is 0 Å². The molecule has 0 aliphatic rings. The SMILES string of the molecule is Cc1[nH]c(C(=O)c2cc(Br)ccc2Cl)c(C)c1C. The molecule has 1 aromatic heterocycles.